The second-order valence-electron chi connectivity index (χ2n) is 7.10. The Morgan fingerprint density at radius 1 is 1.10 bits per heavy atom. The van der Waals surface area contributed by atoms with E-state index in [0.29, 0.717) is 18.7 Å². The lowest BCUT2D eigenvalue weighted by Crippen LogP contribution is -2.35. The zero-order chi connectivity index (χ0) is 20.1. The molecule has 0 radical (unpaired) electrons. The number of carbonyl (C=O) groups excluding carboxylic acids is 1. The van der Waals surface area contributed by atoms with Crippen molar-refractivity contribution in [2.24, 2.45) is 0 Å². The van der Waals surface area contributed by atoms with Gasteiger partial charge in [-0.3, -0.25) is 14.9 Å². The first-order chi connectivity index (χ1) is 14.2. The second-order valence-corrected chi connectivity index (χ2v) is 7.10. The van der Waals surface area contributed by atoms with Crippen LogP contribution in [-0.4, -0.2) is 53.5 Å². The van der Waals surface area contributed by atoms with Crippen LogP contribution in [0.2, 0.25) is 0 Å². The van der Waals surface area contributed by atoms with Crippen LogP contribution in [0.25, 0.3) is 10.9 Å². The van der Waals surface area contributed by atoms with Crippen molar-refractivity contribution in [3.63, 3.8) is 0 Å². The summed E-state index contributed by atoms with van der Waals surface area (Å²) < 4.78 is 13.3. The van der Waals surface area contributed by atoms with E-state index in [1.165, 1.54) is 5.56 Å². The number of fused-ring (bicyclic) bond motifs is 1. The lowest BCUT2D eigenvalue weighted by Gasteiger charge is -2.26. The van der Waals surface area contributed by atoms with Crippen molar-refractivity contribution in [2.45, 2.75) is 13.1 Å². The smallest absolute Gasteiger partial charge is 0.274 e. The minimum Gasteiger partial charge on any atom is -0.492 e. The lowest BCUT2D eigenvalue weighted by atomic mass is 10.1. The van der Waals surface area contributed by atoms with Gasteiger partial charge in [0.05, 0.1) is 19.8 Å². The normalized spacial score (nSPS) is 14.8. The molecular weight excluding hydrogens is 370 g/mol. The van der Waals surface area contributed by atoms with Gasteiger partial charge in [-0.25, -0.2) is 5.48 Å². The predicted octanol–water partition coefficient (Wildman–Crippen LogP) is 2.67. The molecule has 1 aliphatic rings. The average Bonchev–Trinajstić information content (AvgIpc) is 3.17. The van der Waals surface area contributed by atoms with Gasteiger partial charge < -0.3 is 14.0 Å². The maximum absolute atomic E-state index is 11.6. The van der Waals surface area contributed by atoms with Gasteiger partial charge in [0.25, 0.3) is 5.91 Å². The van der Waals surface area contributed by atoms with Crippen molar-refractivity contribution in [1.29, 1.82) is 0 Å². The van der Waals surface area contributed by atoms with Crippen molar-refractivity contribution in [2.75, 3.05) is 32.9 Å². The number of hydroxylamine groups is 1. The quantitative estimate of drug-likeness (QED) is 0.475. The van der Waals surface area contributed by atoms with Gasteiger partial charge in [-0.2, -0.15) is 0 Å². The number of nitrogens with one attached hydrogen (secondary N) is 1. The Balaban J connectivity index is 1.33. The molecule has 0 unspecified atom stereocenters. The summed E-state index contributed by atoms with van der Waals surface area (Å²) in [5.74, 6) is 0.320. The summed E-state index contributed by atoms with van der Waals surface area (Å²) in [5.41, 5.74) is 4.28. The lowest BCUT2D eigenvalue weighted by molar-refractivity contribution is 0.0342. The first-order valence-electron chi connectivity index (χ1n) is 9.78. The van der Waals surface area contributed by atoms with E-state index in [0.717, 1.165) is 49.5 Å². The molecule has 0 aliphatic carbocycles. The fourth-order valence-electron chi connectivity index (χ4n) is 3.56. The molecule has 7 nitrogen and oxygen atoms in total. The van der Waals surface area contributed by atoms with E-state index in [2.05, 4.69) is 17.0 Å². The van der Waals surface area contributed by atoms with Crippen LogP contribution in [0, 0.1) is 0 Å². The molecule has 2 heterocycles. The molecule has 0 spiro atoms. The molecular formula is C22H25N3O4. The van der Waals surface area contributed by atoms with E-state index < -0.39 is 5.91 Å². The van der Waals surface area contributed by atoms with Crippen LogP contribution in [0.4, 0.5) is 0 Å². The summed E-state index contributed by atoms with van der Waals surface area (Å²) in [6.45, 7) is 5.67. The fourth-order valence-corrected chi connectivity index (χ4v) is 3.56. The third kappa shape index (κ3) is 4.76. The van der Waals surface area contributed by atoms with Crippen molar-refractivity contribution in [3.05, 3.63) is 65.9 Å². The maximum atomic E-state index is 11.6. The number of amides is 1. The van der Waals surface area contributed by atoms with Crippen LogP contribution < -0.4 is 10.2 Å². The van der Waals surface area contributed by atoms with Gasteiger partial charge in [0, 0.05) is 36.9 Å². The Hall–Kier alpha value is -2.87. The molecule has 0 saturated carbocycles. The summed E-state index contributed by atoms with van der Waals surface area (Å²) in [5, 5.41) is 9.86. The molecule has 0 atom stereocenters. The second kappa shape index (κ2) is 9.09. The third-order valence-corrected chi connectivity index (χ3v) is 5.17. The molecule has 1 aliphatic heterocycles. The van der Waals surface area contributed by atoms with Gasteiger partial charge in [0.15, 0.2) is 0 Å². The summed E-state index contributed by atoms with van der Waals surface area (Å²) in [6.07, 6.45) is 1.97. The van der Waals surface area contributed by atoms with Crippen LogP contribution in [0.5, 0.6) is 5.75 Å². The monoisotopic (exact) mass is 395 g/mol. The predicted molar refractivity (Wildman–Crippen MR) is 109 cm³/mol. The molecule has 1 saturated heterocycles. The highest BCUT2D eigenvalue weighted by atomic mass is 16.5. The third-order valence-electron chi connectivity index (χ3n) is 5.17. The van der Waals surface area contributed by atoms with Crippen molar-refractivity contribution < 1.29 is 19.5 Å². The van der Waals surface area contributed by atoms with Crippen molar-refractivity contribution in [3.8, 4) is 5.75 Å². The fraction of sp³-hybridized carbons (Fsp3) is 0.318. The number of hydrogen-bond donors (Lipinski definition) is 2. The Morgan fingerprint density at radius 3 is 2.66 bits per heavy atom. The van der Waals surface area contributed by atoms with E-state index in [-0.39, 0.29) is 0 Å². The Morgan fingerprint density at radius 2 is 1.90 bits per heavy atom. The van der Waals surface area contributed by atoms with Crippen LogP contribution in [0.1, 0.15) is 15.9 Å². The summed E-state index contributed by atoms with van der Waals surface area (Å²) in [4.78, 5) is 14.0. The van der Waals surface area contributed by atoms with Gasteiger partial charge in [-0.05, 0) is 41.3 Å². The van der Waals surface area contributed by atoms with Crippen LogP contribution >= 0.6 is 0 Å². The number of benzene rings is 2. The molecule has 4 rings (SSSR count). The average molecular weight is 395 g/mol. The minimum atomic E-state index is -0.520. The molecule has 152 valence electrons. The van der Waals surface area contributed by atoms with Crippen LogP contribution in [0.3, 0.4) is 0 Å². The van der Waals surface area contributed by atoms with E-state index in [1.807, 2.05) is 35.0 Å². The summed E-state index contributed by atoms with van der Waals surface area (Å²) in [7, 11) is 0. The van der Waals surface area contributed by atoms with E-state index >= 15 is 0 Å². The highest BCUT2D eigenvalue weighted by Crippen LogP contribution is 2.19. The number of hydrogen-bond acceptors (Lipinski definition) is 5. The minimum absolute atomic E-state index is 0.414. The van der Waals surface area contributed by atoms with E-state index in [9.17, 15) is 4.79 Å². The van der Waals surface area contributed by atoms with Gasteiger partial charge in [0.1, 0.15) is 12.4 Å². The Kier molecular flexibility index (Phi) is 6.09. The van der Waals surface area contributed by atoms with Gasteiger partial charge >= 0.3 is 0 Å². The number of morpholine rings is 1. The summed E-state index contributed by atoms with van der Waals surface area (Å²) >= 11 is 0. The SMILES string of the molecule is O=C(NO)c1ccc2ccn(CCOc3ccc(CN4CCOCC4)cc3)c2c1. The molecule has 2 aromatic carbocycles. The standard InChI is InChI=1S/C22H25N3O4/c26-22(23-27)19-4-3-18-7-8-25(21(18)15-19)11-14-29-20-5-1-17(2-6-20)16-24-9-12-28-13-10-24/h1-8,15,27H,9-14,16H2,(H,23,26). The molecule has 7 heteroatoms. The molecule has 29 heavy (non-hydrogen) atoms. The molecule has 0 bridgehead atoms. The molecule has 1 amide bonds. The molecule has 2 N–H and O–H groups in total. The molecule has 1 aromatic heterocycles. The highest BCUT2D eigenvalue weighted by molar-refractivity contribution is 5.97. The van der Waals surface area contributed by atoms with Gasteiger partial charge in [0.2, 0.25) is 0 Å². The maximum Gasteiger partial charge on any atom is 0.274 e. The van der Waals surface area contributed by atoms with Gasteiger partial charge in [-0.1, -0.05) is 18.2 Å². The van der Waals surface area contributed by atoms with E-state index in [4.69, 9.17) is 14.7 Å². The topological polar surface area (TPSA) is 76.0 Å². The first kappa shape index (κ1) is 19.4. The van der Waals surface area contributed by atoms with Crippen molar-refractivity contribution in [1.82, 2.24) is 14.9 Å². The molecule has 1 fully saturated rings. The number of carbonyl (C=O) groups is 1. The number of nitrogens with zero attached hydrogens (tertiary/aromatic N) is 2. The molecule has 3 aromatic rings. The number of ether oxygens (including phenoxy) is 2. The number of aromatic nitrogens is 1. The van der Waals surface area contributed by atoms with Gasteiger partial charge in [-0.15, -0.1) is 0 Å². The Labute approximate surface area is 169 Å². The largest absolute Gasteiger partial charge is 0.492 e. The zero-order valence-corrected chi connectivity index (χ0v) is 16.2. The summed E-state index contributed by atoms with van der Waals surface area (Å²) in [6, 6.07) is 15.5. The first-order valence-corrected chi connectivity index (χ1v) is 9.78. The van der Waals surface area contributed by atoms with E-state index in [1.54, 1.807) is 17.6 Å². The van der Waals surface area contributed by atoms with Crippen molar-refractivity contribution >= 4 is 16.8 Å². The highest BCUT2D eigenvalue weighted by Gasteiger charge is 2.11. The number of rotatable bonds is 7. The zero-order valence-electron chi connectivity index (χ0n) is 16.2. The van der Waals surface area contributed by atoms with Crippen LogP contribution in [0.15, 0.2) is 54.7 Å². The Bertz CT molecular complexity index is 962. The van der Waals surface area contributed by atoms with Crippen LogP contribution in [-0.2, 0) is 17.8 Å².